The first-order chi connectivity index (χ1) is 18.8. The van der Waals surface area contributed by atoms with Crippen molar-refractivity contribution in [3.8, 4) is 23.0 Å². The fourth-order valence-electron chi connectivity index (χ4n) is 6.96. The molecule has 2 aromatic rings. The molecule has 5 rings (SSSR count). The van der Waals surface area contributed by atoms with Crippen LogP contribution in [0.1, 0.15) is 59.1 Å². The lowest BCUT2D eigenvalue weighted by Crippen LogP contribution is -2.44. The van der Waals surface area contributed by atoms with Crippen molar-refractivity contribution < 1.29 is 38.1 Å². The van der Waals surface area contributed by atoms with E-state index in [4.69, 9.17) is 29.2 Å². The minimum absolute atomic E-state index is 0.0488. The average Bonchev–Trinajstić information content (AvgIpc) is 3.43. The predicted octanol–water partition coefficient (Wildman–Crippen LogP) is 5.18. The number of hydrogen-bond acceptors (Lipinski definition) is 10. The number of esters is 4. The molecule has 1 aliphatic heterocycles. The second-order valence-corrected chi connectivity index (χ2v) is 10.9. The zero-order valence-electron chi connectivity index (χ0n) is 23.1. The summed E-state index contributed by atoms with van der Waals surface area (Å²) in [7, 11) is 0. The Morgan fingerprint density at radius 1 is 0.650 bits per heavy atom. The SMILES string of the molecule is CC(=O)Oc1cc(OC(C)=O)cc([C@@]23N=N[C@@](c4cc(OC(C)=O)cc(OC(C)=O)c4)([C@H]4C=CC[C@H]42)C3(C)C)c1. The second kappa shape index (κ2) is 9.39. The van der Waals surface area contributed by atoms with Crippen LogP contribution in [-0.2, 0) is 30.3 Å². The van der Waals surface area contributed by atoms with Crippen LogP contribution in [0.2, 0.25) is 0 Å². The summed E-state index contributed by atoms with van der Waals surface area (Å²) in [6, 6.07) is 9.93. The Hall–Kier alpha value is -4.34. The standard InChI is InChI=1S/C30H30N2O8/c1-16(33)37-22-10-20(11-23(14-22)38-17(2)34)29-26-8-7-9-27(26)30(32-31-29,28(29,5)6)21-12-24(39-18(3)35)15-25(13-21)40-19(4)36/h7-8,10-15,26-27H,9H2,1-6H3/t26-,27+,29-,30+/m0/s1. The van der Waals surface area contributed by atoms with Gasteiger partial charge < -0.3 is 18.9 Å². The normalized spacial score (nSPS) is 26.8. The second-order valence-electron chi connectivity index (χ2n) is 10.9. The Bertz CT molecular complexity index is 1440. The molecule has 0 saturated heterocycles. The lowest BCUT2D eigenvalue weighted by atomic mass is 9.61. The molecular formula is C30H30N2O8. The van der Waals surface area contributed by atoms with Gasteiger partial charge in [-0.3, -0.25) is 19.2 Å². The Morgan fingerprint density at radius 2 is 1.02 bits per heavy atom. The largest absolute Gasteiger partial charge is 0.427 e. The maximum absolute atomic E-state index is 11.8. The zero-order chi connectivity index (χ0) is 29.0. The van der Waals surface area contributed by atoms with Crippen LogP contribution >= 0.6 is 0 Å². The Morgan fingerprint density at radius 3 is 1.43 bits per heavy atom. The number of nitrogens with zero attached hydrogens (tertiary/aromatic N) is 2. The molecule has 10 heteroatoms. The van der Waals surface area contributed by atoms with Crippen LogP contribution in [0.3, 0.4) is 0 Å². The number of hydrogen-bond donors (Lipinski definition) is 0. The van der Waals surface area contributed by atoms with E-state index in [1.165, 1.54) is 39.8 Å². The third-order valence-electron chi connectivity index (χ3n) is 8.14. The molecule has 0 unspecified atom stereocenters. The quantitative estimate of drug-likeness (QED) is 0.275. The molecule has 4 atom stereocenters. The number of ether oxygens (including phenoxy) is 4. The van der Waals surface area contributed by atoms with Gasteiger partial charge in [-0.15, -0.1) is 0 Å². The van der Waals surface area contributed by atoms with E-state index in [2.05, 4.69) is 26.0 Å². The summed E-state index contributed by atoms with van der Waals surface area (Å²) < 4.78 is 21.7. The summed E-state index contributed by atoms with van der Waals surface area (Å²) in [6.45, 7) is 9.31. The summed E-state index contributed by atoms with van der Waals surface area (Å²) in [6.07, 6.45) is 4.92. The van der Waals surface area contributed by atoms with Crippen molar-refractivity contribution in [2.75, 3.05) is 0 Å². The highest BCUT2D eigenvalue weighted by molar-refractivity contribution is 5.73. The lowest BCUT2D eigenvalue weighted by molar-refractivity contribution is -0.133. The third-order valence-corrected chi connectivity index (χ3v) is 8.14. The molecule has 2 aliphatic carbocycles. The first kappa shape index (κ1) is 27.2. The van der Waals surface area contributed by atoms with Crippen LogP contribution in [0.4, 0.5) is 0 Å². The van der Waals surface area contributed by atoms with Crippen molar-refractivity contribution >= 4 is 23.9 Å². The molecule has 0 spiro atoms. The molecule has 10 nitrogen and oxygen atoms in total. The highest BCUT2D eigenvalue weighted by atomic mass is 16.6. The fraction of sp³-hybridized carbons (Fsp3) is 0.400. The van der Waals surface area contributed by atoms with Crippen LogP contribution in [0, 0.1) is 17.3 Å². The van der Waals surface area contributed by atoms with E-state index in [-0.39, 0.29) is 34.8 Å². The van der Waals surface area contributed by atoms with E-state index in [1.54, 1.807) is 24.3 Å². The number of allylic oxidation sites excluding steroid dienone is 1. The monoisotopic (exact) mass is 546 g/mol. The summed E-state index contributed by atoms with van der Waals surface area (Å²) in [5.74, 6) is -1.35. The molecule has 2 aromatic carbocycles. The van der Waals surface area contributed by atoms with Gasteiger partial charge in [-0.2, -0.15) is 10.2 Å². The molecule has 1 saturated carbocycles. The Balaban J connectivity index is 1.72. The molecule has 0 radical (unpaired) electrons. The van der Waals surface area contributed by atoms with Gasteiger partial charge in [0.25, 0.3) is 0 Å². The van der Waals surface area contributed by atoms with Crippen molar-refractivity contribution in [2.45, 2.75) is 59.0 Å². The number of benzene rings is 2. The Labute approximate surface area is 231 Å². The molecule has 1 fully saturated rings. The smallest absolute Gasteiger partial charge is 0.308 e. The first-order valence-electron chi connectivity index (χ1n) is 13.0. The molecule has 3 aliphatic rings. The molecule has 2 bridgehead atoms. The summed E-state index contributed by atoms with van der Waals surface area (Å²) in [5, 5.41) is 9.91. The van der Waals surface area contributed by atoms with Crippen molar-refractivity contribution in [2.24, 2.45) is 27.5 Å². The molecule has 0 N–H and O–H groups in total. The van der Waals surface area contributed by atoms with E-state index in [1.807, 2.05) is 0 Å². The summed E-state index contributed by atoms with van der Waals surface area (Å²) in [4.78, 5) is 47.4. The van der Waals surface area contributed by atoms with Gasteiger partial charge in [0.2, 0.25) is 0 Å². The van der Waals surface area contributed by atoms with Crippen molar-refractivity contribution in [1.29, 1.82) is 0 Å². The van der Waals surface area contributed by atoms with Crippen LogP contribution < -0.4 is 18.9 Å². The lowest BCUT2D eigenvalue weighted by Gasteiger charge is -2.41. The summed E-state index contributed by atoms with van der Waals surface area (Å²) >= 11 is 0. The van der Waals surface area contributed by atoms with Gasteiger partial charge in [-0.1, -0.05) is 26.0 Å². The number of rotatable bonds is 6. The maximum atomic E-state index is 11.8. The van der Waals surface area contributed by atoms with E-state index in [0.29, 0.717) is 17.5 Å². The van der Waals surface area contributed by atoms with Crippen LogP contribution in [0.25, 0.3) is 0 Å². The van der Waals surface area contributed by atoms with Crippen molar-refractivity contribution in [3.05, 3.63) is 59.7 Å². The van der Waals surface area contributed by atoms with E-state index in [0.717, 1.165) is 0 Å². The van der Waals surface area contributed by atoms with Gasteiger partial charge >= 0.3 is 23.9 Å². The van der Waals surface area contributed by atoms with E-state index in [9.17, 15) is 19.2 Å². The molecule has 0 amide bonds. The van der Waals surface area contributed by atoms with Gasteiger partial charge in [-0.25, -0.2) is 0 Å². The van der Waals surface area contributed by atoms with Crippen LogP contribution in [-0.4, -0.2) is 23.9 Å². The van der Waals surface area contributed by atoms with Crippen molar-refractivity contribution in [1.82, 2.24) is 0 Å². The highest BCUT2D eigenvalue weighted by Crippen LogP contribution is 2.76. The number of carbonyl (C=O) groups is 4. The zero-order valence-corrected chi connectivity index (χ0v) is 23.1. The highest BCUT2D eigenvalue weighted by Gasteiger charge is 2.77. The molecule has 1 heterocycles. The average molecular weight is 547 g/mol. The Kier molecular flexibility index (Phi) is 6.40. The molecule has 40 heavy (non-hydrogen) atoms. The number of azo groups is 1. The minimum Gasteiger partial charge on any atom is -0.427 e. The molecule has 208 valence electrons. The molecular weight excluding hydrogens is 516 g/mol. The van der Waals surface area contributed by atoms with Crippen molar-refractivity contribution in [3.63, 3.8) is 0 Å². The van der Waals surface area contributed by atoms with Gasteiger partial charge in [0.1, 0.15) is 34.1 Å². The first-order valence-corrected chi connectivity index (χ1v) is 13.0. The fourth-order valence-corrected chi connectivity index (χ4v) is 6.96. The topological polar surface area (TPSA) is 130 Å². The van der Waals surface area contributed by atoms with E-state index >= 15 is 0 Å². The van der Waals surface area contributed by atoms with Crippen LogP contribution in [0.15, 0.2) is 58.8 Å². The maximum Gasteiger partial charge on any atom is 0.308 e. The van der Waals surface area contributed by atoms with Gasteiger partial charge in [0, 0.05) is 57.1 Å². The minimum atomic E-state index is -0.936. The van der Waals surface area contributed by atoms with Crippen LogP contribution in [0.5, 0.6) is 23.0 Å². The number of carbonyl (C=O) groups excluding carboxylic acids is 4. The molecule has 0 aromatic heterocycles. The van der Waals surface area contributed by atoms with E-state index < -0.39 is 40.4 Å². The van der Waals surface area contributed by atoms with Gasteiger partial charge in [0.05, 0.1) is 0 Å². The summed E-state index contributed by atoms with van der Waals surface area (Å²) in [5.41, 5.74) is -1.19. The third kappa shape index (κ3) is 4.01. The van der Waals surface area contributed by atoms with Gasteiger partial charge in [-0.05, 0) is 41.8 Å². The van der Waals surface area contributed by atoms with Gasteiger partial charge in [0.15, 0.2) is 0 Å². The predicted molar refractivity (Wildman–Crippen MR) is 141 cm³/mol. The number of fused-ring (bicyclic) bond motifs is 5.